The second-order valence-corrected chi connectivity index (χ2v) is 4.04. The Bertz CT molecular complexity index is 543. The van der Waals surface area contributed by atoms with Gasteiger partial charge in [-0.15, -0.1) is 0 Å². The minimum atomic E-state index is -1.03. The molecule has 1 atom stereocenters. The van der Waals surface area contributed by atoms with Crippen LogP contribution in [0.3, 0.4) is 0 Å². The van der Waals surface area contributed by atoms with Crippen LogP contribution in [0.4, 0.5) is 0 Å². The van der Waals surface area contributed by atoms with Gasteiger partial charge in [-0.1, -0.05) is 0 Å². The molecule has 3 heterocycles. The molecule has 1 aliphatic rings. The number of hydrogen-bond acceptors (Lipinski definition) is 3. The van der Waals surface area contributed by atoms with E-state index in [-0.39, 0.29) is 0 Å². The van der Waals surface area contributed by atoms with Crippen molar-refractivity contribution in [3.63, 3.8) is 0 Å². The molecule has 0 spiro atoms. The van der Waals surface area contributed by atoms with E-state index in [2.05, 4.69) is 9.97 Å². The number of imidazole rings is 1. The van der Waals surface area contributed by atoms with Crippen LogP contribution in [-0.4, -0.2) is 18.6 Å². The summed E-state index contributed by atoms with van der Waals surface area (Å²) < 4.78 is 13.2. The van der Waals surface area contributed by atoms with Crippen molar-refractivity contribution < 1.29 is 4.21 Å². The van der Waals surface area contributed by atoms with E-state index in [9.17, 15) is 4.21 Å². The Morgan fingerprint density at radius 1 is 1.38 bits per heavy atom. The van der Waals surface area contributed by atoms with Crippen molar-refractivity contribution in [3.05, 3.63) is 29.8 Å². The summed E-state index contributed by atoms with van der Waals surface area (Å²) in [7, 11) is -1.03. The molecule has 64 valence electrons. The summed E-state index contributed by atoms with van der Waals surface area (Å²) >= 11 is 0. The Kier molecular flexibility index (Phi) is 1.21. The molecule has 4 nitrogen and oxygen atoms in total. The highest BCUT2D eigenvalue weighted by Gasteiger charge is 2.15. The molecule has 0 fully saturated rings. The molecule has 5 heteroatoms. The lowest BCUT2D eigenvalue weighted by Crippen LogP contribution is -1.95. The predicted molar refractivity (Wildman–Crippen MR) is 48.4 cm³/mol. The molecule has 0 aromatic carbocycles. The molecule has 0 aliphatic carbocycles. The lowest BCUT2D eigenvalue weighted by atomic mass is 10.4. The highest BCUT2D eigenvalue weighted by atomic mass is 32.2. The first-order valence-electron chi connectivity index (χ1n) is 3.76. The Morgan fingerprint density at radius 2 is 2.31 bits per heavy atom. The maximum atomic E-state index is 11.4. The molecule has 1 aliphatic heterocycles. The predicted octanol–water partition coefficient (Wildman–Crippen LogP) is 0.821. The van der Waals surface area contributed by atoms with Crippen LogP contribution in [0, 0.1) is 0 Å². The summed E-state index contributed by atoms with van der Waals surface area (Å²) in [4.78, 5) is 8.86. The van der Waals surface area contributed by atoms with Gasteiger partial charge in [0.2, 0.25) is 0 Å². The van der Waals surface area contributed by atoms with Crippen LogP contribution < -0.4 is 0 Å². The van der Waals surface area contributed by atoms with Crippen LogP contribution in [0.15, 0.2) is 29.0 Å². The summed E-state index contributed by atoms with van der Waals surface area (Å²) in [5, 5.41) is 1.66. The first-order chi connectivity index (χ1) is 6.36. The standard InChI is InChI=1S/C8H5N3OS/c12-13-2-1-6-7(13)3-10-8-4-9-5-11(6)8/h1-5H. The van der Waals surface area contributed by atoms with E-state index in [0.29, 0.717) is 0 Å². The van der Waals surface area contributed by atoms with Gasteiger partial charge in [-0.05, 0) is 6.08 Å². The van der Waals surface area contributed by atoms with Crippen LogP contribution in [0.5, 0.6) is 0 Å². The molecule has 2 aromatic heterocycles. The smallest absolute Gasteiger partial charge is 0.156 e. The molecule has 0 N–H and O–H groups in total. The SMILES string of the molecule is O=S1C=Cc2c1cnc1cncn21. The third kappa shape index (κ3) is 0.818. The van der Waals surface area contributed by atoms with Gasteiger partial charge < -0.3 is 0 Å². The minimum Gasteiger partial charge on any atom is -0.283 e. The molecule has 0 saturated carbocycles. The van der Waals surface area contributed by atoms with Gasteiger partial charge >= 0.3 is 0 Å². The van der Waals surface area contributed by atoms with Gasteiger partial charge in [0, 0.05) is 11.6 Å². The Labute approximate surface area is 76.4 Å². The summed E-state index contributed by atoms with van der Waals surface area (Å²) in [5.74, 6) is 0. The monoisotopic (exact) mass is 191 g/mol. The number of hydrogen-bond donors (Lipinski definition) is 0. The second kappa shape index (κ2) is 2.26. The first kappa shape index (κ1) is 6.97. The maximum absolute atomic E-state index is 11.4. The maximum Gasteiger partial charge on any atom is 0.156 e. The van der Waals surface area contributed by atoms with E-state index in [1.807, 2.05) is 10.5 Å². The lowest BCUT2D eigenvalue weighted by Gasteiger charge is -1.99. The van der Waals surface area contributed by atoms with E-state index >= 15 is 0 Å². The topological polar surface area (TPSA) is 47.3 Å². The molecule has 1 unspecified atom stereocenters. The molecule has 0 bridgehead atoms. The number of aromatic nitrogens is 3. The van der Waals surface area contributed by atoms with Gasteiger partial charge in [0.25, 0.3) is 0 Å². The zero-order valence-electron chi connectivity index (χ0n) is 6.54. The van der Waals surface area contributed by atoms with Gasteiger partial charge in [-0.2, -0.15) is 0 Å². The van der Waals surface area contributed by atoms with E-state index in [0.717, 1.165) is 16.2 Å². The Hall–Kier alpha value is -1.49. The van der Waals surface area contributed by atoms with Gasteiger partial charge in [0.15, 0.2) is 5.65 Å². The summed E-state index contributed by atoms with van der Waals surface area (Å²) in [5.41, 5.74) is 1.70. The van der Waals surface area contributed by atoms with Gasteiger partial charge in [0.1, 0.15) is 6.33 Å². The molecule has 0 radical (unpaired) electrons. The highest BCUT2D eigenvalue weighted by Crippen LogP contribution is 2.22. The fourth-order valence-electron chi connectivity index (χ4n) is 1.40. The molecular formula is C8H5N3OS. The number of nitrogens with zero attached hydrogens (tertiary/aromatic N) is 3. The molecule has 13 heavy (non-hydrogen) atoms. The zero-order chi connectivity index (χ0) is 8.84. The average Bonchev–Trinajstić information content (AvgIpc) is 2.70. The quantitative estimate of drug-likeness (QED) is 0.619. The molecule has 0 amide bonds. The van der Waals surface area contributed by atoms with E-state index in [1.54, 1.807) is 24.1 Å². The number of rotatable bonds is 0. The normalized spacial score (nSPS) is 19.5. The third-order valence-electron chi connectivity index (χ3n) is 2.01. The highest BCUT2D eigenvalue weighted by molar-refractivity contribution is 7.88. The molecule has 0 saturated heterocycles. The van der Waals surface area contributed by atoms with Crippen molar-refractivity contribution in [2.45, 2.75) is 4.90 Å². The fourth-order valence-corrected chi connectivity index (χ4v) is 2.32. The van der Waals surface area contributed by atoms with Crippen molar-refractivity contribution in [3.8, 4) is 0 Å². The van der Waals surface area contributed by atoms with Crippen molar-refractivity contribution >= 4 is 22.5 Å². The fraction of sp³-hybridized carbons (Fsp3) is 0. The van der Waals surface area contributed by atoms with Gasteiger partial charge in [-0.25, -0.2) is 14.2 Å². The first-order valence-corrected chi connectivity index (χ1v) is 4.97. The Balaban J connectivity index is 2.52. The molecule has 3 rings (SSSR count). The van der Waals surface area contributed by atoms with Crippen LogP contribution in [0.1, 0.15) is 5.69 Å². The summed E-state index contributed by atoms with van der Waals surface area (Å²) in [6.45, 7) is 0. The van der Waals surface area contributed by atoms with Crippen LogP contribution >= 0.6 is 0 Å². The van der Waals surface area contributed by atoms with Gasteiger partial charge in [0.05, 0.1) is 27.6 Å². The average molecular weight is 191 g/mol. The van der Waals surface area contributed by atoms with E-state index in [4.69, 9.17) is 0 Å². The van der Waals surface area contributed by atoms with Crippen LogP contribution in [0.2, 0.25) is 0 Å². The second-order valence-electron chi connectivity index (χ2n) is 2.73. The van der Waals surface area contributed by atoms with Crippen molar-refractivity contribution in [1.82, 2.24) is 14.4 Å². The van der Waals surface area contributed by atoms with Crippen LogP contribution in [-0.2, 0) is 10.8 Å². The number of fused-ring (bicyclic) bond motifs is 3. The minimum absolute atomic E-state index is 0.755. The zero-order valence-corrected chi connectivity index (χ0v) is 7.36. The Morgan fingerprint density at radius 3 is 3.23 bits per heavy atom. The van der Waals surface area contributed by atoms with Crippen molar-refractivity contribution in [2.75, 3.05) is 0 Å². The molecule has 2 aromatic rings. The van der Waals surface area contributed by atoms with E-state index < -0.39 is 10.8 Å². The summed E-state index contributed by atoms with van der Waals surface area (Å²) in [6.07, 6.45) is 6.83. The third-order valence-corrected chi connectivity index (χ3v) is 3.14. The largest absolute Gasteiger partial charge is 0.283 e. The van der Waals surface area contributed by atoms with Crippen molar-refractivity contribution in [1.29, 1.82) is 0 Å². The van der Waals surface area contributed by atoms with E-state index in [1.165, 1.54) is 0 Å². The summed E-state index contributed by atoms with van der Waals surface area (Å²) in [6, 6.07) is 0. The molecular weight excluding hydrogens is 186 g/mol. The van der Waals surface area contributed by atoms with Crippen LogP contribution in [0.25, 0.3) is 11.7 Å². The van der Waals surface area contributed by atoms with Crippen molar-refractivity contribution in [2.24, 2.45) is 0 Å². The lowest BCUT2D eigenvalue weighted by molar-refractivity contribution is 0.688. The van der Waals surface area contributed by atoms with Gasteiger partial charge in [-0.3, -0.25) is 4.40 Å².